The van der Waals surface area contributed by atoms with Crippen molar-refractivity contribution in [3.05, 3.63) is 0 Å². The first-order chi connectivity index (χ1) is 5.37. The number of fused-ring (bicyclic) bond motifs is 1. The third-order valence-electron chi connectivity index (χ3n) is 2.92. The minimum atomic E-state index is 0.165. The summed E-state index contributed by atoms with van der Waals surface area (Å²) in [5.74, 6) is 0. The molecule has 0 saturated carbocycles. The van der Waals surface area contributed by atoms with Gasteiger partial charge in [0.05, 0.1) is 12.7 Å². The Morgan fingerprint density at radius 1 is 1.45 bits per heavy atom. The highest BCUT2D eigenvalue weighted by atomic mass is 16.5. The molecule has 2 N–H and O–H groups in total. The number of nitrogens with two attached hydrogens (primary N) is 1. The van der Waals surface area contributed by atoms with Crippen LogP contribution in [0.15, 0.2) is 0 Å². The van der Waals surface area contributed by atoms with Crippen molar-refractivity contribution in [2.45, 2.75) is 18.9 Å². The van der Waals surface area contributed by atoms with E-state index in [0.717, 1.165) is 32.7 Å². The molecule has 0 aliphatic carbocycles. The van der Waals surface area contributed by atoms with E-state index in [-0.39, 0.29) is 5.41 Å². The van der Waals surface area contributed by atoms with Gasteiger partial charge in [0.15, 0.2) is 0 Å². The van der Waals surface area contributed by atoms with Gasteiger partial charge in [-0.3, -0.25) is 0 Å². The van der Waals surface area contributed by atoms with Crippen molar-refractivity contribution < 1.29 is 9.47 Å². The molecule has 0 unspecified atom stereocenters. The summed E-state index contributed by atoms with van der Waals surface area (Å²) in [7, 11) is 0. The molecule has 0 aromatic carbocycles. The summed E-state index contributed by atoms with van der Waals surface area (Å²) in [4.78, 5) is 0. The van der Waals surface area contributed by atoms with Crippen LogP contribution < -0.4 is 5.73 Å². The first-order valence-corrected chi connectivity index (χ1v) is 4.27. The number of hydrogen-bond donors (Lipinski definition) is 1. The Balaban J connectivity index is 2.12. The molecule has 11 heavy (non-hydrogen) atoms. The molecule has 2 heterocycles. The Hall–Kier alpha value is -0.120. The van der Waals surface area contributed by atoms with Crippen LogP contribution in [0.5, 0.6) is 0 Å². The maximum Gasteiger partial charge on any atom is 0.0688 e. The Bertz CT molecular complexity index is 151. The standard InChI is InChI=1S/C8H15NO2/c9-5-8-2-4-11-7(8)1-3-10-6-8/h7H,1-6,9H2/t7-,8-/m1/s1. The molecule has 0 aromatic heterocycles. The molecule has 0 spiro atoms. The van der Waals surface area contributed by atoms with Crippen LogP contribution in [0.3, 0.4) is 0 Å². The summed E-state index contributed by atoms with van der Waals surface area (Å²) in [6, 6.07) is 0. The summed E-state index contributed by atoms with van der Waals surface area (Å²) in [5, 5.41) is 0. The van der Waals surface area contributed by atoms with E-state index in [9.17, 15) is 0 Å². The zero-order chi connectivity index (χ0) is 7.73. The lowest BCUT2D eigenvalue weighted by molar-refractivity contribution is -0.0682. The van der Waals surface area contributed by atoms with Gasteiger partial charge >= 0.3 is 0 Å². The molecular weight excluding hydrogens is 142 g/mol. The number of ether oxygens (including phenoxy) is 2. The SMILES string of the molecule is NC[C@@]12CCO[C@@H]1CCOC2. The van der Waals surface area contributed by atoms with Crippen LogP contribution in [0.4, 0.5) is 0 Å². The van der Waals surface area contributed by atoms with Crippen molar-refractivity contribution >= 4 is 0 Å². The second-order valence-corrected chi connectivity index (χ2v) is 3.52. The van der Waals surface area contributed by atoms with Crippen molar-refractivity contribution in [2.24, 2.45) is 11.1 Å². The summed E-state index contributed by atoms with van der Waals surface area (Å²) in [6.07, 6.45) is 2.48. The average molecular weight is 157 g/mol. The van der Waals surface area contributed by atoms with Gasteiger partial charge in [0.2, 0.25) is 0 Å². The Morgan fingerprint density at radius 2 is 2.36 bits per heavy atom. The van der Waals surface area contributed by atoms with Crippen molar-refractivity contribution in [3.63, 3.8) is 0 Å². The number of hydrogen-bond acceptors (Lipinski definition) is 3. The predicted octanol–water partition coefficient (Wildman–Crippen LogP) is 0.141. The zero-order valence-corrected chi connectivity index (χ0v) is 6.71. The number of rotatable bonds is 1. The van der Waals surface area contributed by atoms with Gasteiger partial charge in [0, 0.05) is 25.2 Å². The van der Waals surface area contributed by atoms with Crippen molar-refractivity contribution in [1.29, 1.82) is 0 Å². The van der Waals surface area contributed by atoms with Gasteiger partial charge in [-0.05, 0) is 12.8 Å². The molecule has 2 aliphatic rings. The first kappa shape index (κ1) is 7.53. The fraction of sp³-hybridized carbons (Fsp3) is 1.00. The van der Waals surface area contributed by atoms with Gasteiger partial charge < -0.3 is 15.2 Å². The lowest BCUT2D eigenvalue weighted by Crippen LogP contribution is -2.46. The highest BCUT2D eigenvalue weighted by molar-refractivity contribution is 4.94. The largest absolute Gasteiger partial charge is 0.381 e. The topological polar surface area (TPSA) is 44.5 Å². The molecule has 2 fully saturated rings. The Labute approximate surface area is 66.8 Å². The third kappa shape index (κ3) is 1.08. The molecule has 2 aliphatic heterocycles. The predicted molar refractivity (Wildman–Crippen MR) is 41.3 cm³/mol. The summed E-state index contributed by atoms with van der Waals surface area (Å²) in [6.45, 7) is 3.21. The second kappa shape index (κ2) is 2.73. The molecule has 0 radical (unpaired) electrons. The van der Waals surface area contributed by atoms with Gasteiger partial charge in [0.25, 0.3) is 0 Å². The maximum atomic E-state index is 5.72. The minimum absolute atomic E-state index is 0.165. The zero-order valence-electron chi connectivity index (χ0n) is 6.71. The van der Waals surface area contributed by atoms with E-state index in [1.165, 1.54) is 0 Å². The molecule has 0 aromatic rings. The highest BCUT2D eigenvalue weighted by Gasteiger charge is 2.45. The van der Waals surface area contributed by atoms with E-state index in [0.29, 0.717) is 12.6 Å². The smallest absolute Gasteiger partial charge is 0.0688 e. The van der Waals surface area contributed by atoms with Gasteiger partial charge in [0.1, 0.15) is 0 Å². The monoisotopic (exact) mass is 157 g/mol. The minimum Gasteiger partial charge on any atom is -0.381 e. The lowest BCUT2D eigenvalue weighted by Gasteiger charge is -2.36. The van der Waals surface area contributed by atoms with E-state index in [4.69, 9.17) is 15.2 Å². The first-order valence-electron chi connectivity index (χ1n) is 4.27. The van der Waals surface area contributed by atoms with Crippen LogP contribution in [0.2, 0.25) is 0 Å². The normalized spacial score (nSPS) is 43.9. The van der Waals surface area contributed by atoms with Crippen molar-refractivity contribution in [1.82, 2.24) is 0 Å². The Morgan fingerprint density at radius 3 is 3.09 bits per heavy atom. The van der Waals surface area contributed by atoms with Crippen LogP contribution in [-0.2, 0) is 9.47 Å². The van der Waals surface area contributed by atoms with E-state index >= 15 is 0 Å². The Kier molecular flexibility index (Phi) is 1.87. The van der Waals surface area contributed by atoms with Crippen LogP contribution in [0.1, 0.15) is 12.8 Å². The van der Waals surface area contributed by atoms with E-state index < -0.39 is 0 Å². The van der Waals surface area contributed by atoms with Gasteiger partial charge in [-0.1, -0.05) is 0 Å². The summed E-state index contributed by atoms with van der Waals surface area (Å²) >= 11 is 0. The lowest BCUT2D eigenvalue weighted by atomic mass is 9.79. The molecule has 2 rings (SSSR count). The molecule has 3 nitrogen and oxygen atoms in total. The van der Waals surface area contributed by atoms with E-state index in [1.54, 1.807) is 0 Å². The molecule has 0 bridgehead atoms. The fourth-order valence-corrected chi connectivity index (χ4v) is 2.06. The second-order valence-electron chi connectivity index (χ2n) is 3.52. The van der Waals surface area contributed by atoms with Crippen LogP contribution in [0, 0.1) is 5.41 Å². The third-order valence-corrected chi connectivity index (χ3v) is 2.92. The molecule has 64 valence electrons. The van der Waals surface area contributed by atoms with Gasteiger partial charge in [-0.2, -0.15) is 0 Å². The highest BCUT2D eigenvalue weighted by Crippen LogP contribution is 2.38. The molecule has 0 amide bonds. The summed E-state index contributed by atoms with van der Waals surface area (Å²) < 4.78 is 11.0. The van der Waals surface area contributed by atoms with Crippen LogP contribution in [-0.4, -0.2) is 32.5 Å². The van der Waals surface area contributed by atoms with E-state index in [2.05, 4.69) is 0 Å². The van der Waals surface area contributed by atoms with Gasteiger partial charge in [-0.25, -0.2) is 0 Å². The van der Waals surface area contributed by atoms with Gasteiger partial charge in [-0.15, -0.1) is 0 Å². The van der Waals surface area contributed by atoms with Crippen LogP contribution >= 0.6 is 0 Å². The van der Waals surface area contributed by atoms with E-state index in [1.807, 2.05) is 0 Å². The summed E-state index contributed by atoms with van der Waals surface area (Å²) in [5.41, 5.74) is 5.88. The average Bonchev–Trinajstić information content (AvgIpc) is 2.48. The molecule has 2 saturated heterocycles. The van der Waals surface area contributed by atoms with Crippen LogP contribution in [0.25, 0.3) is 0 Å². The molecular formula is C8H15NO2. The van der Waals surface area contributed by atoms with Crippen molar-refractivity contribution in [2.75, 3.05) is 26.4 Å². The molecule has 3 heteroatoms. The quantitative estimate of drug-likeness (QED) is 0.589. The molecule has 2 atom stereocenters. The van der Waals surface area contributed by atoms with Crippen molar-refractivity contribution in [3.8, 4) is 0 Å². The maximum absolute atomic E-state index is 5.72. The fourth-order valence-electron chi connectivity index (χ4n) is 2.06.